The topological polar surface area (TPSA) is 46.6 Å². The predicted molar refractivity (Wildman–Crippen MR) is 55.7 cm³/mol. The zero-order valence-electron chi connectivity index (χ0n) is 8.90. The normalized spacial score (nSPS) is 24.3. The number of unbranched alkanes of at least 4 members (excludes halogenated alkanes) is 1. The van der Waals surface area contributed by atoms with E-state index in [2.05, 4.69) is 6.92 Å². The maximum atomic E-state index is 11.2. The van der Waals surface area contributed by atoms with Crippen LogP contribution in [-0.4, -0.2) is 44.8 Å². The van der Waals surface area contributed by atoms with Crippen molar-refractivity contribution in [3.8, 4) is 0 Å². The van der Waals surface area contributed by atoms with Gasteiger partial charge in [0.05, 0.1) is 12.4 Å². The summed E-state index contributed by atoms with van der Waals surface area (Å²) in [5, 5.41) is 0. The molecule has 14 heavy (non-hydrogen) atoms. The molecule has 0 aromatic rings. The molecule has 0 unspecified atom stereocenters. The number of nitrogens with zero attached hydrogens (tertiary/aromatic N) is 1. The van der Waals surface area contributed by atoms with Gasteiger partial charge in [0.25, 0.3) is 0 Å². The van der Waals surface area contributed by atoms with Gasteiger partial charge in [-0.1, -0.05) is 13.3 Å². The molecule has 1 atom stereocenters. The van der Waals surface area contributed by atoms with Gasteiger partial charge in [-0.15, -0.1) is 0 Å². The van der Waals surface area contributed by atoms with Crippen LogP contribution in [0.4, 0.5) is 0 Å². The number of rotatable bonds is 5. The van der Waals surface area contributed by atoms with Crippen LogP contribution in [0, 0.1) is 0 Å². The maximum Gasteiger partial charge on any atom is 0.211 e. The first-order chi connectivity index (χ1) is 6.54. The van der Waals surface area contributed by atoms with Gasteiger partial charge >= 0.3 is 0 Å². The maximum absolute atomic E-state index is 11.2. The summed E-state index contributed by atoms with van der Waals surface area (Å²) < 4.78 is 29.4. The minimum atomic E-state index is -3.01. The number of hydrogen-bond acceptors (Lipinski definition) is 3. The van der Waals surface area contributed by atoms with Gasteiger partial charge < -0.3 is 4.74 Å². The Balaban J connectivity index is 2.28. The highest BCUT2D eigenvalue weighted by Gasteiger charge is 2.28. The second-order valence-corrected chi connectivity index (χ2v) is 5.74. The van der Waals surface area contributed by atoms with Gasteiger partial charge in [0.15, 0.2) is 0 Å². The van der Waals surface area contributed by atoms with Crippen molar-refractivity contribution in [1.29, 1.82) is 0 Å². The minimum Gasteiger partial charge on any atom is -0.377 e. The highest BCUT2D eigenvalue weighted by molar-refractivity contribution is 7.88. The zero-order valence-corrected chi connectivity index (χ0v) is 9.72. The van der Waals surface area contributed by atoms with E-state index in [0.29, 0.717) is 13.1 Å². The first-order valence-corrected chi connectivity index (χ1v) is 6.95. The standard InChI is InChI=1S/C9H19NO3S/c1-3-4-7-13-9-5-6-10(8-9)14(2,11)12/h9H,3-8H2,1-2H3/t9-/m1/s1. The summed E-state index contributed by atoms with van der Waals surface area (Å²) in [6.07, 6.45) is 4.35. The van der Waals surface area contributed by atoms with Crippen LogP contribution in [0.25, 0.3) is 0 Å². The lowest BCUT2D eigenvalue weighted by molar-refractivity contribution is 0.0617. The highest BCUT2D eigenvalue weighted by Crippen LogP contribution is 2.15. The Labute approximate surface area is 86.3 Å². The molecule has 84 valence electrons. The van der Waals surface area contributed by atoms with Crippen molar-refractivity contribution in [3.63, 3.8) is 0 Å². The van der Waals surface area contributed by atoms with E-state index < -0.39 is 10.0 Å². The molecule has 0 N–H and O–H groups in total. The van der Waals surface area contributed by atoms with Crippen molar-refractivity contribution in [2.45, 2.75) is 32.3 Å². The van der Waals surface area contributed by atoms with Crippen LogP contribution in [0.2, 0.25) is 0 Å². The van der Waals surface area contributed by atoms with Gasteiger partial charge in [-0.2, -0.15) is 4.31 Å². The third kappa shape index (κ3) is 3.55. The van der Waals surface area contributed by atoms with Crippen molar-refractivity contribution in [2.75, 3.05) is 26.0 Å². The summed E-state index contributed by atoms with van der Waals surface area (Å²) in [6.45, 7) is 4.00. The Morgan fingerprint density at radius 2 is 2.21 bits per heavy atom. The molecule has 1 heterocycles. The third-order valence-corrected chi connectivity index (χ3v) is 3.70. The van der Waals surface area contributed by atoms with E-state index in [1.54, 1.807) is 0 Å². The van der Waals surface area contributed by atoms with E-state index in [1.807, 2.05) is 0 Å². The Bertz CT molecular complexity index is 263. The van der Waals surface area contributed by atoms with Gasteiger partial charge in [-0.05, 0) is 12.8 Å². The fourth-order valence-corrected chi connectivity index (χ4v) is 2.40. The molecule has 1 aliphatic rings. The lowest BCUT2D eigenvalue weighted by Gasteiger charge is -2.13. The number of ether oxygens (including phenoxy) is 1. The molecule has 0 aromatic heterocycles. The van der Waals surface area contributed by atoms with Crippen molar-refractivity contribution in [2.24, 2.45) is 0 Å². The van der Waals surface area contributed by atoms with Crippen LogP contribution in [0.3, 0.4) is 0 Å². The van der Waals surface area contributed by atoms with E-state index in [4.69, 9.17) is 4.74 Å². The van der Waals surface area contributed by atoms with Crippen molar-refractivity contribution < 1.29 is 13.2 Å². The fraction of sp³-hybridized carbons (Fsp3) is 1.00. The lowest BCUT2D eigenvalue weighted by Crippen LogP contribution is -2.29. The van der Waals surface area contributed by atoms with Crippen LogP contribution in [-0.2, 0) is 14.8 Å². The molecular formula is C9H19NO3S. The monoisotopic (exact) mass is 221 g/mol. The summed E-state index contributed by atoms with van der Waals surface area (Å²) in [4.78, 5) is 0. The predicted octanol–water partition coefficient (Wildman–Crippen LogP) is 0.837. The van der Waals surface area contributed by atoms with Crippen LogP contribution in [0.5, 0.6) is 0 Å². The molecule has 5 heteroatoms. The summed E-state index contributed by atoms with van der Waals surface area (Å²) in [5.41, 5.74) is 0. The largest absolute Gasteiger partial charge is 0.377 e. The van der Waals surface area contributed by atoms with E-state index >= 15 is 0 Å². The molecular weight excluding hydrogens is 202 g/mol. The lowest BCUT2D eigenvalue weighted by atomic mass is 10.3. The van der Waals surface area contributed by atoms with Crippen LogP contribution < -0.4 is 0 Å². The summed E-state index contributed by atoms with van der Waals surface area (Å²) in [6, 6.07) is 0. The molecule has 0 aliphatic carbocycles. The van der Waals surface area contributed by atoms with Crippen LogP contribution >= 0.6 is 0 Å². The Morgan fingerprint density at radius 3 is 2.71 bits per heavy atom. The van der Waals surface area contributed by atoms with E-state index in [-0.39, 0.29) is 6.10 Å². The average molecular weight is 221 g/mol. The molecule has 1 fully saturated rings. The molecule has 0 aromatic carbocycles. The van der Waals surface area contributed by atoms with Gasteiger partial charge in [0, 0.05) is 19.7 Å². The SMILES string of the molecule is CCCCO[C@@H]1CCN(S(C)(=O)=O)C1. The third-order valence-electron chi connectivity index (χ3n) is 2.43. The van der Waals surface area contributed by atoms with Gasteiger partial charge in [-0.25, -0.2) is 8.42 Å². The van der Waals surface area contributed by atoms with Crippen molar-refractivity contribution in [3.05, 3.63) is 0 Å². The number of hydrogen-bond donors (Lipinski definition) is 0. The van der Waals surface area contributed by atoms with Crippen LogP contribution in [0.15, 0.2) is 0 Å². The second-order valence-electron chi connectivity index (χ2n) is 3.76. The van der Waals surface area contributed by atoms with E-state index in [9.17, 15) is 8.42 Å². The first-order valence-electron chi connectivity index (χ1n) is 5.10. The summed E-state index contributed by atoms with van der Waals surface area (Å²) >= 11 is 0. The average Bonchev–Trinajstić information content (AvgIpc) is 2.52. The quantitative estimate of drug-likeness (QED) is 0.646. The molecule has 0 bridgehead atoms. The molecule has 0 spiro atoms. The molecule has 1 saturated heterocycles. The van der Waals surface area contributed by atoms with Gasteiger partial charge in [0.2, 0.25) is 10.0 Å². The molecule has 1 aliphatic heterocycles. The molecule has 0 radical (unpaired) electrons. The van der Waals surface area contributed by atoms with E-state index in [0.717, 1.165) is 25.9 Å². The molecule has 0 saturated carbocycles. The van der Waals surface area contributed by atoms with Gasteiger partial charge in [0.1, 0.15) is 0 Å². The molecule has 0 amide bonds. The summed E-state index contributed by atoms with van der Waals surface area (Å²) in [5.74, 6) is 0. The molecule has 1 rings (SSSR count). The van der Waals surface area contributed by atoms with Crippen molar-refractivity contribution in [1.82, 2.24) is 4.31 Å². The summed E-state index contributed by atoms with van der Waals surface area (Å²) in [7, 11) is -3.01. The second kappa shape index (κ2) is 5.09. The Morgan fingerprint density at radius 1 is 1.50 bits per heavy atom. The van der Waals surface area contributed by atoms with Crippen LogP contribution in [0.1, 0.15) is 26.2 Å². The van der Waals surface area contributed by atoms with E-state index in [1.165, 1.54) is 10.6 Å². The minimum absolute atomic E-state index is 0.108. The van der Waals surface area contributed by atoms with Crippen molar-refractivity contribution >= 4 is 10.0 Å². The van der Waals surface area contributed by atoms with Gasteiger partial charge in [-0.3, -0.25) is 0 Å². The first kappa shape index (κ1) is 11.9. The number of sulfonamides is 1. The Kier molecular flexibility index (Phi) is 4.34. The molecule has 4 nitrogen and oxygen atoms in total. The fourth-order valence-electron chi connectivity index (χ4n) is 1.53. The smallest absolute Gasteiger partial charge is 0.211 e. The highest BCUT2D eigenvalue weighted by atomic mass is 32.2. The zero-order chi connectivity index (χ0) is 10.6. The Hall–Kier alpha value is -0.130.